The molecule has 0 aliphatic heterocycles. The zero-order valence-corrected chi connectivity index (χ0v) is 16.6. The Bertz CT molecular complexity index is 720. The summed E-state index contributed by atoms with van der Waals surface area (Å²) < 4.78 is 37.8. The van der Waals surface area contributed by atoms with E-state index in [1.807, 2.05) is 5.43 Å². The Balaban J connectivity index is 1.95. The number of thiophene rings is 1. The van der Waals surface area contributed by atoms with Gasteiger partial charge in [-0.1, -0.05) is 20.8 Å². The van der Waals surface area contributed by atoms with Crippen LogP contribution in [0.25, 0.3) is 0 Å². The van der Waals surface area contributed by atoms with Gasteiger partial charge in [0.1, 0.15) is 0 Å². The number of carbonyl (C=O) groups is 2. The van der Waals surface area contributed by atoms with Crippen LogP contribution in [0.3, 0.4) is 0 Å². The van der Waals surface area contributed by atoms with Crippen LogP contribution in [0.5, 0.6) is 0 Å². The number of rotatable bonds is 3. The van der Waals surface area contributed by atoms with Gasteiger partial charge in [0.05, 0.1) is 11.3 Å². The molecule has 0 radical (unpaired) electrons. The van der Waals surface area contributed by atoms with E-state index >= 15 is 0 Å². The third-order valence-corrected chi connectivity index (χ3v) is 6.20. The molecular weight excluding hydrogens is 381 g/mol. The van der Waals surface area contributed by atoms with E-state index in [0.717, 1.165) is 29.7 Å². The van der Waals surface area contributed by atoms with Gasteiger partial charge in [-0.25, -0.2) is 0 Å². The van der Waals surface area contributed by atoms with Gasteiger partial charge in [-0.3, -0.25) is 20.4 Å². The number of carbonyl (C=O) groups excluding carboxylic acids is 2. The number of amides is 2. The highest BCUT2D eigenvalue weighted by molar-refractivity contribution is 7.14. The maximum absolute atomic E-state index is 12.6. The highest BCUT2D eigenvalue weighted by Crippen LogP contribution is 2.40. The quantitative estimate of drug-likeness (QED) is 0.674. The normalized spacial score (nSPS) is 19.8. The minimum atomic E-state index is -4.94. The Labute approximate surface area is 160 Å². The second-order valence-corrected chi connectivity index (χ2v) is 9.45. The van der Waals surface area contributed by atoms with E-state index in [4.69, 9.17) is 0 Å². The average Bonchev–Trinajstić information content (AvgIpc) is 2.93. The van der Waals surface area contributed by atoms with Gasteiger partial charge < -0.3 is 5.11 Å². The minimum Gasteiger partial charge on any atom is -0.380 e. The van der Waals surface area contributed by atoms with Gasteiger partial charge in [-0.05, 0) is 49.1 Å². The minimum absolute atomic E-state index is 0.172. The summed E-state index contributed by atoms with van der Waals surface area (Å²) in [4.78, 5) is 25.3. The molecule has 0 aromatic carbocycles. The molecule has 0 saturated heterocycles. The van der Waals surface area contributed by atoms with Crippen molar-refractivity contribution >= 4 is 23.2 Å². The maximum Gasteiger partial charge on any atom is 0.417 e. The van der Waals surface area contributed by atoms with Gasteiger partial charge in [-0.15, -0.1) is 11.3 Å². The third-order valence-electron chi connectivity index (χ3n) is 4.96. The van der Waals surface area contributed by atoms with Crippen molar-refractivity contribution in [1.82, 2.24) is 10.9 Å². The zero-order chi connectivity index (χ0) is 20.6. The zero-order valence-electron chi connectivity index (χ0n) is 15.8. The average molecular weight is 406 g/mol. The van der Waals surface area contributed by atoms with Gasteiger partial charge in [-0.2, -0.15) is 13.2 Å². The largest absolute Gasteiger partial charge is 0.417 e. The fourth-order valence-corrected chi connectivity index (χ4v) is 4.12. The van der Waals surface area contributed by atoms with Crippen LogP contribution in [0.1, 0.15) is 60.6 Å². The fourth-order valence-electron chi connectivity index (χ4n) is 3.02. The summed E-state index contributed by atoms with van der Waals surface area (Å²) in [6.07, 6.45) is -3.34. The lowest BCUT2D eigenvalue weighted by molar-refractivity contribution is -0.253. The van der Waals surface area contributed by atoms with Crippen molar-refractivity contribution in [3.05, 3.63) is 21.4 Å². The Kier molecular flexibility index (Phi) is 5.96. The molecule has 2 rings (SSSR count). The van der Waals surface area contributed by atoms with Gasteiger partial charge in [0.15, 0.2) is 5.60 Å². The first kappa shape index (κ1) is 21.7. The first-order chi connectivity index (χ1) is 12.2. The molecule has 5 nitrogen and oxygen atoms in total. The van der Waals surface area contributed by atoms with E-state index in [-0.39, 0.29) is 5.41 Å². The van der Waals surface area contributed by atoms with Crippen molar-refractivity contribution in [1.29, 1.82) is 0 Å². The fraction of sp³-hybridized carbons (Fsp3) is 0.667. The van der Waals surface area contributed by atoms with Crippen LogP contribution < -0.4 is 10.9 Å². The lowest BCUT2D eigenvalue weighted by atomic mass is 9.72. The molecule has 0 bridgehead atoms. The molecule has 0 saturated carbocycles. The summed E-state index contributed by atoms with van der Waals surface area (Å²) in [6.45, 7) is 7.07. The SMILES string of the molecule is CC(C)(C)[C@H]1CCc2sc(C(=O)NNC(=O)C[C@@](C)(O)C(F)(F)F)cc2C1. The molecule has 27 heavy (non-hydrogen) atoms. The van der Waals surface area contributed by atoms with Crippen molar-refractivity contribution in [3.63, 3.8) is 0 Å². The van der Waals surface area contributed by atoms with Gasteiger partial charge in [0, 0.05) is 4.88 Å². The van der Waals surface area contributed by atoms with E-state index in [9.17, 15) is 27.9 Å². The topological polar surface area (TPSA) is 78.4 Å². The van der Waals surface area contributed by atoms with E-state index < -0.39 is 30.0 Å². The molecule has 3 N–H and O–H groups in total. The Morgan fingerprint density at radius 3 is 2.41 bits per heavy atom. The van der Waals surface area contributed by atoms with Crippen molar-refractivity contribution < 1.29 is 27.9 Å². The summed E-state index contributed by atoms with van der Waals surface area (Å²) >= 11 is 1.33. The standard InChI is InChI=1S/C18H25F3N2O3S/c1-16(2,3)11-5-6-12-10(7-11)8-13(27-12)15(25)23-22-14(24)9-17(4,26)18(19,20)21/h8,11,26H,5-7,9H2,1-4H3,(H,22,24)(H,23,25)/t11-,17+/m0/s1. The first-order valence-electron chi connectivity index (χ1n) is 8.70. The van der Waals surface area contributed by atoms with Crippen LogP contribution in [0, 0.1) is 11.3 Å². The molecule has 1 aromatic heterocycles. The number of halogens is 3. The van der Waals surface area contributed by atoms with Crippen LogP contribution in [0.15, 0.2) is 6.07 Å². The molecule has 2 amide bonds. The Morgan fingerprint density at radius 1 is 1.22 bits per heavy atom. The van der Waals surface area contributed by atoms with Crippen molar-refractivity contribution in [2.24, 2.45) is 11.3 Å². The van der Waals surface area contributed by atoms with Crippen LogP contribution in [0.2, 0.25) is 0 Å². The molecule has 1 aromatic rings. The summed E-state index contributed by atoms with van der Waals surface area (Å²) in [5.74, 6) is -1.19. The predicted octanol–water partition coefficient (Wildman–Crippen LogP) is 3.36. The molecule has 152 valence electrons. The Morgan fingerprint density at radius 2 is 1.85 bits per heavy atom. The Hall–Kier alpha value is -1.61. The van der Waals surface area contributed by atoms with Crippen LogP contribution in [-0.4, -0.2) is 28.7 Å². The maximum atomic E-state index is 12.6. The third kappa shape index (κ3) is 5.22. The summed E-state index contributed by atoms with van der Waals surface area (Å²) in [7, 11) is 0. The molecular formula is C18H25F3N2O3S. The molecule has 1 heterocycles. The second-order valence-electron chi connectivity index (χ2n) is 8.32. The lowest BCUT2D eigenvalue weighted by Gasteiger charge is -2.33. The van der Waals surface area contributed by atoms with Crippen LogP contribution >= 0.6 is 11.3 Å². The number of hydrazine groups is 1. The summed E-state index contributed by atoms with van der Waals surface area (Å²) in [6, 6.07) is 1.78. The van der Waals surface area contributed by atoms with E-state index in [0.29, 0.717) is 17.7 Å². The lowest BCUT2D eigenvalue weighted by Crippen LogP contribution is -2.49. The van der Waals surface area contributed by atoms with E-state index in [1.165, 1.54) is 11.3 Å². The van der Waals surface area contributed by atoms with Crippen molar-refractivity contribution in [2.45, 2.75) is 65.2 Å². The summed E-state index contributed by atoms with van der Waals surface area (Å²) in [5.41, 5.74) is 2.17. The van der Waals surface area contributed by atoms with E-state index in [2.05, 4.69) is 26.2 Å². The number of hydrogen-bond donors (Lipinski definition) is 3. The highest BCUT2D eigenvalue weighted by atomic mass is 32.1. The van der Waals surface area contributed by atoms with Crippen molar-refractivity contribution in [2.75, 3.05) is 0 Å². The molecule has 0 spiro atoms. The number of alkyl halides is 3. The summed E-state index contributed by atoms with van der Waals surface area (Å²) in [5, 5.41) is 9.31. The number of aryl methyl sites for hydroxylation is 1. The first-order valence-corrected chi connectivity index (χ1v) is 9.52. The predicted molar refractivity (Wildman–Crippen MR) is 96.2 cm³/mol. The number of fused-ring (bicyclic) bond motifs is 1. The number of hydrogen-bond acceptors (Lipinski definition) is 4. The number of nitrogens with one attached hydrogen (secondary N) is 2. The second kappa shape index (κ2) is 7.43. The van der Waals surface area contributed by atoms with Crippen LogP contribution in [-0.2, 0) is 17.6 Å². The van der Waals surface area contributed by atoms with Gasteiger partial charge >= 0.3 is 6.18 Å². The molecule has 0 fully saturated rings. The molecule has 1 aliphatic carbocycles. The van der Waals surface area contributed by atoms with E-state index in [1.54, 1.807) is 6.07 Å². The molecule has 1 aliphatic rings. The van der Waals surface area contributed by atoms with Crippen molar-refractivity contribution in [3.8, 4) is 0 Å². The molecule has 0 unspecified atom stereocenters. The monoisotopic (exact) mass is 406 g/mol. The van der Waals surface area contributed by atoms with Crippen LogP contribution in [0.4, 0.5) is 13.2 Å². The highest BCUT2D eigenvalue weighted by Gasteiger charge is 2.51. The molecule has 9 heteroatoms. The number of aliphatic hydroxyl groups is 1. The molecule has 2 atom stereocenters. The van der Waals surface area contributed by atoms with Gasteiger partial charge in [0.25, 0.3) is 5.91 Å². The van der Waals surface area contributed by atoms with Gasteiger partial charge in [0.2, 0.25) is 5.91 Å². The smallest absolute Gasteiger partial charge is 0.380 e.